The molecule has 1 N–H and O–H groups in total. The van der Waals surface area contributed by atoms with Crippen molar-refractivity contribution in [1.82, 2.24) is 5.32 Å². The first-order valence-electron chi connectivity index (χ1n) is 6.29. The zero-order valence-corrected chi connectivity index (χ0v) is 11.7. The second kappa shape index (κ2) is 5.60. The van der Waals surface area contributed by atoms with Gasteiger partial charge in [0.2, 0.25) is 0 Å². The summed E-state index contributed by atoms with van der Waals surface area (Å²) in [5, 5.41) is 4.94. The van der Waals surface area contributed by atoms with Gasteiger partial charge in [-0.2, -0.15) is 0 Å². The van der Waals surface area contributed by atoms with Crippen LogP contribution in [0, 0.1) is 0 Å². The second-order valence-electron chi connectivity index (χ2n) is 4.97. The molecule has 1 aromatic carbocycles. The van der Waals surface area contributed by atoms with Crippen LogP contribution in [-0.4, -0.2) is 13.6 Å². The average Bonchev–Trinajstić information content (AvgIpc) is 2.30. The van der Waals surface area contributed by atoms with Crippen LogP contribution in [0.5, 0.6) is 0 Å². The first kappa shape index (κ1) is 13.2. The lowest BCUT2D eigenvalue weighted by molar-refractivity contribution is 0.286. The van der Waals surface area contributed by atoms with E-state index in [1.165, 1.54) is 32.1 Å². The summed E-state index contributed by atoms with van der Waals surface area (Å²) < 4.78 is 0. The van der Waals surface area contributed by atoms with Crippen molar-refractivity contribution < 1.29 is 0 Å². The van der Waals surface area contributed by atoms with Crippen LogP contribution in [0.1, 0.15) is 37.7 Å². The Morgan fingerprint density at radius 2 is 1.71 bits per heavy atom. The van der Waals surface area contributed by atoms with Gasteiger partial charge in [0.1, 0.15) is 0 Å². The van der Waals surface area contributed by atoms with Crippen LogP contribution in [0.4, 0.5) is 0 Å². The van der Waals surface area contributed by atoms with E-state index in [-0.39, 0.29) is 5.41 Å². The maximum Gasteiger partial charge on any atom is 0.0459 e. The summed E-state index contributed by atoms with van der Waals surface area (Å²) in [5.41, 5.74) is 1.28. The second-order valence-corrected chi connectivity index (χ2v) is 5.78. The summed E-state index contributed by atoms with van der Waals surface area (Å²) in [5.74, 6) is 0. The van der Waals surface area contributed by atoms with Crippen molar-refractivity contribution in [2.75, 3.05) is 13.6 Å². The number of nitrogens with one attached hydrogen (secondary N) is 1. The summed E-state index contributed by atoms with van der Waals surface area (Å²) in [4.78, 5) is 0. The van der Waals surface area contributed by atoms with Crippen LogP contribution in [0.2, 0.25) is 10.0 Å². The molecule has 0 aliphatic heterocycles. The highest BCUT2D eigenvalue weighted by Crippen LogP contribution is 2.44. The van der Waals surface area contributed by atoms with Crippen LogP contribution in [0.15, 0.2) is 18.2 Å². The van der Waals surface area contributed by atoms with E-state index < -0.39 is 0 Å². The molecule has 0 aromatic heterocycles. The Kier molecular flexibility index (Phi) is 4.35. The lowest BCUT2D eigenvalue weighted by Gasteiger charge is -2.39. The van der Waals surface area contributed by atoms with E-state index in [0.717, 1.165) is 22.2 Å². The molecule has 1 saturated carbocycles. The molecule has 3 heteroatoms. The number of rotatable bonds is 3. The van der Waals surface area contributed by atoms with Gasteiger partial charge in [-0.3, -0.25) is 0 Å². The molecular weight excluding hydrogens is 253 g/mol. The number of halogens is 2. The van der Waals surface area contributed by atoms with Gasteiger partial charge in [-0.25, -0.2) is 0 Å². The largest absolute Gasteiger partial charge is 0.319 e. The number of likely N-dealkylation sites (N-methyl/N-ethyl adjacent to an activating group) is 1. The molecule has 0 atom stereocenters. The quantitative estimate of drug-likeness (QED) is 0.859. The van der Waals surface area contributed by atoms with Crippen molar-refractivity contribution in [1.29, 1.82) is 0 Å². The molecule has 1 aliphatic rings. The van der Waals surface area contributed by atoms with E-state index in [1.807, 2.05) is 25.2 Å². The van der Waals surface area contributed by atoms with Gasteiger partial charge in [-0.1, -0.05) is 48.5 Å². The molecule has 1 aliphatic carbocycles. The molecule has 0 unspecified atom stereocenters. The molecule has 0 spiro atoms. The topological polar surface area (TPSA) is 12.0 Å². The minimum atomic E-state index is 0.127. The SMILES string of the molecule is CNCC1(c2c(Cl)cccc2Cl)CCCCC1. The maximum absolute atomic E-state index is 6.38. The minimum Gasteiger partial charge on any atom is -0.319 e. The molecule has 0 saturated heterocycles. The Hall–Kier alpha value is -0.240. The van der Waals surface area contributed by atoms with E-state index in [9.17, 15) is 0 Å². The molecule has 2 rings (SSSR count). The zero-order chi connectivity index (χ0) is 12.3. The van der Waals surface area contributed by atoms with Crippen molar-refractivity contribution in [2.45, 2.75) is 37.5 Å². The third-order valence-corrected chi connectivity index (χ3v) is 4.45. The molecule has 94 valence electrons. The summed E-state index contributed by atoms with van der Waals surface area (Å²) in [6.45, 7) is 0.955. The van der Waals surface area contributed by atoms with Crippen LogP contribution >= 0.6 is 23.2 Å². The standard InChI is InChI=1S/C14H19Cl2N/c1-17-10-14(8-3-2-4-9-14)13-11(15)6-5-7-12(13)16/h5-7,17H,2-4,8-10H2,1H3. The normalized spacial score (nSPS) is 19.2. The highest BCUT2D eigenvalue weighted by Gasteiger charge is 2.36. The fourth-order valence-electron chi connectivity index (χ4n) is 3.09. The predicted octanol–water partition coefficient (Wildman–Crippen LogP) is 4.41. The van der Waals surface area contributed by atoms with Gasteiger partial charge in [0, 0.05) is 22.0 Å². The van der Waals surface area contributed by atoms with Gasteiger partial charge >= 0.3 is 0 Å². The van der Waals surface area contributed by atoms with Crippen LogP contribution in [0.3, 0.4) is 0 Å². The van der Waals surface area contributed by atoms with Gasteiger partial charge in [-0.05, 0) is 37.6 Å². The monoisotopic (exact) mass is 271 g/mol. The van der Waals surface area contributed by atoms with Gasteiger partial charge in [0.25, 0.3) is 0 Å². The molecule has 0 amide bonds. The van der Waals surface area contributed by atoms with Crippen molar-refractivity contribution in [3.05, 3.63) is 33.8 Å². The van der Waals surface area contributed by atoms with E-state index >= 15 is 0 Å². The zero-order valence-electron chi connectivity index (χ0n) is 10.2. The molecule has 1 fully saturated rings. The van der Waals surface area contributed by atoms with Gasteiger partial charge in [-0.15, -0.1) is 0 Å². The van der Waals surface area contributed by atoms with Gasteiger partial charge in [0.15, 0.2) is 0 Å². The highest BCUT2D eigenvalue weighted by molar-refractivity contribution is 6.36. The van der Waals surface area contributed by atoms with E-state index in [1.54, 1.807) is 0 Å². The maximum atomic E-state index is 6.38. The van der Waals surface area contributed by atoms with Gasteiger partial charge < -0.3 is 5.32 Å². The average molecular weight is 272 g/mol. The Labute approximate surface area is 114 Å². The Morgan fingerprint density at radius 3 is 2.24 bits per heavy atom. The summed E-state index contributed by atoms with van der Waals surface area (Å²) in [6, 6.07) is 5.83. The van der Waals surface area contributed by atoms with Crippen LogP contribution in [-0.2, 0) is 5.41 Å². The van der Waals surface area contributed by atoms with E-state index in [0.29, 0.717) is 0 Å². The summed E-state index contributed by atoms with van der Waals surface area (Å²) >= 11 is 12.8. The predicted molar refractivity (Wildman–Crippen MR) is 75.2 cm³/mol. The molecule has 0 heterocycles. The summed E-state index contributed by atoms with van der Waals surface area (Å²) in [7, 11) is 2.00. The molecular formula is C14H19Cl2N. The lowest BCUT2D eigenvalue weighted by atomic mass is 9.69. The fraction of sp³-hybridized carbons (Fsp3) is 0.571. The smallest absolute Gasteiger partial charge is 0.0459 e. The van der Waals surface area contributed by atoms with Crippen molar-refractivity contribution in [3.8, 4) is 0 Å². The Bertz CT molecular complexity index is 358. The number of hydrogen-bond donors (Lipinski definition) is 1. The molecule has 17 heavy (non-hydrogen) atoms. The third-order valence-electron chi connectivity index (χ3n) is 3.82. The van der Waals surface area contributed by atoms with E-state index in [4.69, 9.17) is 23.2 Å². The Morgan fingerprint density at radius 1 is 1.12 bits per heavy atom. The molecule has 1 nitrogen and oxygen atoms in total. The molecule has 0 radical (unpaired) electrons. The number of hydrogen-bond acceptors (Lipinski definition) is 1. The van der Waals surface area contributed by atoms with Gasteiger partial charge in [0.05, 0.1) is 0 Å². The summed E-state index contributed by atoms with van der Waals surface area (Å²) in [6.07, 6.45) is 6.22. The van der Waals surface area contributed by atoms with E-state index in [2.05, 4.69) is 5.32 Å². The number of benzene rings is 1. The van der Waals surface area contributed by atoms with Crippen molar-refractivity contribution in [2.24, 2.45) is 0 Å². The minimum absolute atomic E-state index is 0.127. The third kappa shape index (κ3) is 2.62. The first-order valence-corrected chi connectivity index (χ1v) is 7.04. The molecule has 0 bridgehead atoms. The van der Waals surface area contributed by atoms with Crippen molar-refractivity contribution in [3.63, 3.8) is 0 Å². The van der Waals surface area contributed by atoms with Crippen molar-refractivity contribution >= 4 is 23.2 Å². The molecule has 1 aromatic rings. The fourth-order valence-corrected chi connectivity index (χ4v) is 3.88. The van der Waals surface area contributed by atoms with Crippen LogP contribution in [0.25, 0.3) is 0 Å². The first-order chi connectivity index (χ1) is 8.19. The lowest BCUT2D eigenvalue weighted by Crippen LogP contribution is -2.39. The van der Waals surface area contributed by atoms with Crippen LogP contribution < -0.4 is 5.32 Å². The highest BCUT2D eigenvalue weighted by atomic mass is 35.5. The Balaban J connectivity index is 2.44.